The molecule has 0 radical (unpaired) electrons. The van der Waals surface area contributed by atoms with Crippen molar-refractivity contribution in [1.82, 2.24) is 15.5 Å². The molecule has 2 aromatic carbocycles. The number of benzene rings is 2. The van der Waals surface area contributed by atoms with Crippen LogP contribution >= 0.6 is 0 Å². The van der Waals surface area contributed by atoms with Crippen LogP contribution in [0.5, 0.6) is 0 Å². The summed E-state index contributed by atoms with van der Waals surface area (Å²) in [6, 6.07) is 21.0. The Balaban J connectivity index is 1.80. The fourth-order valence-corrected chi connectivity index (χ4v) is 3.00. The first kappa shape index (κ1) is 13.9. The van der Waals surface area contributed by atoms with E-state index in [2.05, 4.69) is 70.1 Å². The summed E-state index contributed by atoms with van der Waals surface area (Å²) < 4.78 is 0. The fourth-order valence-electron chi connectivity index (χ4n) is 3.00. The lowest BCUT2D eigenvalue weighted by atomic mass is 9.92. The average molecular weight is 299 g/mol. The van der Waals surface area contributed by atoms with Crippen molar-refractivity contribution < 1.29 is 0 Å². The molecular formula is C20H17N3. The molecule has 4 rings (SSSR count). The minimum atomic E-state index is 0.857. The maximum absolute atomic E-state index is 4.21. The summed E-state index contributed by atoms with van der Waals surface area (Å²) in [7, 11) is 0. The lowest BCUT2D eigenvalue weighted by Crippen LogP contribution is -2.11. The highest BCUT2D eigenvalue weighted by molar-refractivity contribution is 5.83. The summed E-state index contributed by atoms with van der Waals surface area (Å²) in [5.74, 6) is 0. The predicted molar refractivity (Wildman–Crippen MR) is 92.7 cm³/mol. The second-order valence-corrected chi connectivity index (χ2v) is 5.60. The lowest BCUT2D eigenvalue weighted by molar-refractivity contribution is 0.766. The molecule has 0 fully saturated rings. The number of rotatable bonds is 2. The van der Waals surface area contributed by atoms with Gasteiger partial charge in [0, 0.05) is 24.8 Å². The van der Waals surface area contributed by atoms with E-state index in [4.69, 9.17) is 0 Å². The van der Waals surface area contributed by atoms with Crippen molar-refractivity contribution in [3.05, 3.63) is 89.6 Å². The zero-order valence-electron chi connectivity index (χ0n) is 12.7. The van der Waals surface area contributed by atoms with Crippen molar-refractivity contribution in [1.29, 1.82) is 0 Å². The van der Waals surface area contributed by atoms with Gasteiger partial charge in [0.05, 0.1) is 5.69 Å². The molecule has 0 bridgehead atoms. The van der Waals surface area contributed by atoms with Gasteiger partial charge < -0.3 is 5.32 Å². The van der Waals surface area contributed by atoms with Crippen LogP contribution in [0.25, 0.3) is 16.8 Å². The number of aromatic nitrogens is 2. The molecule has 0 saturated carbocycles. The van der Waals surface area contributed by atoms with Crippen LogP contribution < -0.4 is 5.32 Å². The number of hydrogen-bond acceptors (Lipinski definition) is 3. The minimum Gasteiger partial charge on any atom is -0.309 e. The van der Waals surface area contributed by atoms with Gasteiger partial charge in [-0.25, -0.2) is 0 Å². The summed E-state index contributed by atoms with van der Waals surface area (Å²) in [6.45, 7) is 1.73. The SMILES string of the molecule is C1=C(c2ccccc2)c2ccc(-c3cccnn3)cc2CNC1. The summed E-state index contributed by atoms with van der Waals surface area (Å²) in [6.07, 6.45) is 3.97. The van der Waals surface area contributed by atoms with Gasteiger partial charge in [-0.3, -0.25) is 0 Å². The van der Waals surface area contributed by atoms with Gasteiger partial charge >= 0.3 is 0 Å². The smallest absolute Gasteiger partial charge is 0.0929 e. The van der Waals surface area contributed by atoms with E-state index in [1.54, 1.807) is 6.20 Å². The largest absolute Gasteiger partial charge is 0.309 e. The monoisotopic (exact) mass is 299 g/mol. The van der Waals surface area contributed by atoms with E-state index in [-0.39, 0.29) is 0 Å². The van der Waals surface area contributed by atoms with E-state index in [1.807, 2.05) is 12.1 Å². The number of hydrogen-bond donors (Lipinski definition) is 1. The van der Waals surface area contributed by atoms with Crippen LogP contribution in [0, 0.1) is 0 Å². The Morgan fingerprint density at radius 3 is 2.61 bits per heavy atom. The Morgan fingerprint density at radius 2 is 1.78 bits per heavy atom. The van der Waals surface area contributed by atoms with Crippen molar-refractivity contribution in [2.75, 3.05) is 6.54 Å². The molecule has 2 heterocycles. The summed E-state index contributed by atoms with van der Waals surface area (Å²) in [5.41, 5.74) is 7.13. The normalized spacial score (nSPS) is 13.8. The maximum Gasteiger partial charge on any atom is 0.0929 e. The van der Waals surface area contributed by atoms with Gasteiger partial charge in [0.25, 0.3) is 0 Å². The third kappa shape index (κ3) is 2.79. The second kappa shape index (κ2) is 6.15. The van der Waals surface area contributed by atoms with Crippen molar-refractivity contribution >= 4 is 5.57 Å². The highest BCUT2D eigenvalue weighted by Crippen LogP contribution is 2.30. The molecule has 3 heteroatoms. The van der Waals surface area contributed by atoms with E-state index < -0.39 is 0 Å². The summed E-state index contributed by atoms with van der Waals surface area (Å²) in [5, 5.41) is 11.7. The van der Waals surface area contributed by atoms with Gasteiger partial charge in [0.15, 0.2) is 0 Å². The van der Waals surface area contributed by atoms with Gasteiger partial charge in [0.2, 0.25) is 0 Å². The fraction of sp³-hybridized carbons (Fsp3) is 0.100. The lowest BCUT2D eigenvalue weighted by Gasteiger charge is -2.12. The highest BCUT2D eigenvalue weighted by Gasteiger charge is 2.14. The van der Waals surface area contributed by atoms with E-state index in [1.165, 1.54) is 22.3 Å². The van der Waals surface area contributed by atoms with Crippen molar-refractivity contribution in [3.63, 3.8) is 0 Å². The average Bonchev–Trinajstić information content (AvgIpc) is 2.85. The van der Waals surface area contributed by atoms with Crippen LogP contribution in [0.2, 0.25) is 0 Å². The van der Waals surface area contributed by atoms with Gasteiger partial charge in [-0.15, -0.1) is 0 Å². The quantitative estimate of drug-likeness (QED) is 0.784. The van der Waals surface area contributed by atoms with E-state index in [9.17, 15) is 0 Å². The van der Waals surface area contributed by atoms with Crippen LogP contribution in [0.3, 0.4) is 0 Å². The second-order valence-electron chi connectivity index (χ2n) is 5.60. The standard InChI is InChI=1S/C20H17N3/c1-2-5-15(6-3-1)19-10-12-21-14-17-13-16(8-9-18(17)19)20-7-4-11-22-23-20/h1-11,13,21H,12,14H2. The molecular weight excluding hydrogens is 282 g/mol. The van der Waals surface area contributed by atoms with Crippen molar-refractivity contribution in [2.45, 2.75) is 6.54 Å². The Morgan fingerprint density at radius 1 is 0.870 bits per heavy atom. The zero-order valence-corrected chi connectivity index (χ0v) is 12.7. The van der Waals surface area contributed by atoms with E-state index in [0.717, 1.165) is 24.3 Å². The van der Waals surface area contributed by atoms with E-state index in [0.29, 0.717) is 0 Å². The molecule has 0 saturated heterocycles. The minimum absolute atomic E-state index is 0.857. The number of nitrogens with zero attached hydrogens (tertiary/aromatic N) is 2. The molecule has 23 heavy (non-hydrogen) atoms. The molecule has 1 N–H and O–H groups in total. The first-order valence-electron chi connectivity index (χ1n) is 7.79. The van der Waals surface area contributed by atoms with Crippen LogP contribution in [0.4, 0.5) is 0 Å². The first-order chi connectivity index (χ1) is 11.4. The third-order valence-electron chi connectivity index (χ3n) is 4.11. The summed E-state index contributed by atoms with van der Waals surface area (Å²) >= 11 is 0. The molecule has 0 unspecified atom stereocenters. The summed E-state index contributed by atoms with van der Waals surface area (Å²) in [4.78, 5) is 0. The highest BCUT2D eigenvalue weighted by atomic mass is 15.1. The maximum atomic E-state index is 4.21. The van der Waals surface area contributed by atoms with E-state index >= 15 is 0 Å². The van der Waals surface area contributed by atoms with Crippen molar-refractivity contribution in [2.24, 2.45) is 0 Å². The van der Waals surface area contributed by atoms with Crippen LogP contribution in [-0.4, -0.2) is 16.7 Å². The topological polar surface area (TPSA) is 37.8 Å². The van der Waals surface area contributed by atoms with Gasteiger partial charge in [-0.1, -0.05) is 48.5 Å². The molecule has 0 atom stereocenters. The Labute approximate surface area is 135 Å². The Hall–Kier alpha value is -2.78. The van der Waals surface area contributed by atoms with Crippen LogP contribution in [-0.2, 0) is 6.54 Å². The molecule has 3 nitrogen and oxygen atoms in total. The van der Waals surface area contributed by atoms with Crippen LogP contribution in [0.15, 0.2) is 72.9 Å². The zero-order chi connectivity index (χ0) is 15.5. The predicted octanol–water partition coefficient (Wildman–Crippen LogP) is 3.68. The molecule has 0 spiro atoms. The van der Waals surface area contributed by atoms with Gasteiger partial charge in [0.1, 0.15) is 0 Å². The third-order valence-corrected chi connectivity index (χ3v) is 4.11. The first-order valence-corrected chi connectivity index (χ1v) is 7.79. The molecule has 1 aromatic heterocycles. The van der Waals surface area contributed by atoms with Gasteiger partial charge in [-0.05, 0) is 40.5 Å². The molecule has 1 aliphatic heterocycles. The molecule has 1 aliphatic rings. The molecule has 0 aliphatic carbocycles. The number of fused-ring (bicyclic) bond motifs is 1. The van der Waals surface area contributed by atoms with Gasteiger partial charge in [-0.2, -0.15) is 10.2 Å². The Bertz CT molecular complexity index is 839. The van der Waals surface area contributed by atoms with Crippen molar-refractivity contribution in [3.8, 4) is 11.3 Å². The molecule has 0 amide bonds. The van der Waals surface area contributed by atoms with Crippen LogP contribution in [0.1, 0.15) is 16.7 Å². The Kier molecular flexibility index (Phi) is 3.70. The molecule has 3 aromatic rings. The number of nitrogens with one attached hydrogen (secondary N) is 1. The molecule has 112 valence electrons.